The number of benzene rings is 2. The first kappa shape index (κ1) is 19.1. The van der Waals surface area contributed by atoms with Gasteiger partial charge in [0.25, 0.3) is 0 Å². The van der Waals surface area contributed by atoms with Crippen LogP contribution >= 0.6 is 0 Å². The zero-order valence-electron chi connectivity index (χ0n) is 15.6. The molecule has 2 atom stereocenters. The van der Waals surface area contributed by atoms with Crippen LogP contribution in [-0.2, 0) is 12.0 Å². The van der Waals surface area contributed by atoms with E-state index in [-0.39, 0.29) is 11.2 Å². The molecule has 4 rings (SSSR count). The molecule has 1 N–H and O–H groups in total. The van der Waals surface area contributed by atoms with E-state index in [1.54, 1.807) is 6.07 Å². The van der Waals surface area contributed by atoms with Gasteiger partial charge in [-0.3, -0.25) is 4.90 Å². The van der Waals surface area contributed by atoms with Crippen molar-refractivity contribution >= 4 is 5.69 Å². The first-order valence-electron chi connectivity index (χ1n) is 9.74. The van der Waals surface area contributed by atoms with E-state index in [1.165, 1.54) is 17.7 Å². The Bertz CT molecular complexity index is 839. The molecule has 1 saturated carbocycles. The number of halogens is 3. The molecule has 1 heterocycles. The molecule has 0 radical (unpaired) electrons. The molecule has 6 heteroatoms. The van der Waals surface area contributed by atoms with Crippen LogP contribution in [0.2, 0.25) is 0 Å². The fraction of sp³-hybridized carbons (Fsp3) is 0.455. The smallest absolute Gasteiger partial charge is 0.573 e. The summed E-state index contributed by atoms with van der Waals surface area (Å²) in [7, 11) is 0. The average molecular weight is 389 g/mol. The first-order valence-corrected chi connectivity index (χ1v) is 9.74. The van der Waals surface area contributed by atoms with Crippen LogP contribution in [0.1, 0.15) is 43.2 Å². The van der Waals surface area contributed by atoms with Crippen molar-refractivity contribution in [3.05, 3.63) is 65.4 Å². The van der Waals surface area contributed by atoms with Crippen LogP contribution in [0, 0.1) is 0 Å². The van der Waals surface area contributed by atoms with E-state index in [2.05, 4.69) is 15.7 Å². The molecule has 2 unspecified atom stereocenters. The standard InChI is InChI=1S/C22H24F3N2O/c23-22(24,25)28-20-8-1-4-16(12-20)15-27-11-10-21(9-3-7-19(27)14-21)17-5-2-6-18(26)13-17/h1-2,4-6,8,12-13,19,26H,3,7,9-11,14-15H2/q-1. The fourth-order valence-corrected chi connectivity index (χ4v) is 4.95. The van der Waals surface area contributed by atoms with Crippen molar-refractivity contribution in [2.45, 2.75) is 56.5 Å². The Kier molecular flexibility index (Phi) is 5.00. The molecule has 0 aromatic heterocycles. The lowest BCUT2D eigenvalue weighted by Gasteiger charge is -2.51. The minimum Gasteiger partial charge on any atom is -0.699 e. The van der Waals surface area contributed by atoms with Gasteiger partial charge in [0.1, 0.15) is 5.75 Å². The second kappa shape index (κ2) is 7.32. The van der Waals surface area contributed by atoms with Crippen molar-refractivity contribution in [1.82, 2.24) is 4.90 Å². The summed E-state index contributed by atoms with van der Waals surface area (Å²) in [6, 6.07) is 14.6. The predicted molar refractivity (Wildman–Crippen MR) is 103 cm³/mol. The highest BCUT2D eigenvalue weighted by atomic mass is 19.4. The van der Waals surface area contributed by atoms with Gasteiger partial charge in [-0.05, 0) is 60.9 Å². The highest BCUT2D eigenvalue weighted by Crippen LogP contribution is 2.47. The van der Waals surface area contributed by atoms with Crippen LogP contribution in [0.15, 0.2) is 48.5 Å². The van der Waals surface area contributed by atoms with Gasteiger partial charge in [0.15, 0.2) is 0 Å². The highest BCUT2D eigenvalue weighted by molar-refractivity contribution is 5.47. The molecule has 2 aromatic carbocycles. The van der Waals surface area contributed by atoms with Crippen molar-refractivity contribution in [2.24, 2.45) is 0 Å². The maximum absolute atomic E-state index is 12.5. The molecule has 2 fully saturated rings. The molecule has 150 valence electrons. The van der Waals surface area contributed by atoms with E-state index in [0.717, 1.165) is 44.2 Å². The van der Waals surface area contributed by atoms with Crippen molar-refractivity contribution in [2.75, 3.05) is 6.54 Å². The van der Waals surface area contributed by atoms with Gasteiger partial charge < -0.3 is 10.5 Å². The molecule has 2 aliphatic rings. The van der Waals surface area contributed by atoms with E-state index < -0.39 is 6.36 Å². The molecule has 0 spiro atoms. The third kappa shape index (κ3) is 4.12. The first-order chi connectivity index (χ1) is 13.3. The minimum atomic E-state index is -4.67. The van der Waals surface area contributed by atoms with Gasteiger partial charge in [0.05, 0.1) is 0 Å². The monoisotopic (exact) mass is 389 g/mol. The van der Waals surface area contributed by atoms with Gasteiger partial charge >= 0.3 is 6.36 Å². The largest absolute Gasteiger partial charge is 0.699 e. The van der Waals surface area contributed by atoms with Gasteiger partial charge in [0.2, 0.25) is 0 Å². The number of fused-ring (bicyclic) bond motifs is 2. The quantitative estimate of drug-likeness (QED) is 0.610. The number of ether oxygens (including phenoxy) is 1. The van der Waals surface area contributed by atoms with Crippen molar-refractivity contribution < 1.29 is 17.9 Å². The van der Waals surface area contributed by atoms with Gasteiger partial charge in [-0.25, -0.2) is 0 Å². The third-order valence-electron chi connectivity index (χ3n) is 6.21. The van der Waals surface area contributed by atoms with Crippen LogP contribution in [0.25, 0.3) is 5.73 Å². The van der Waals surface area contributed by atoms with E-state index >= 15 is 0 Å². The molecule has 2 aromatic rings. The Morgan fingerprint density at radius 3 is 2.71 bits per heavy atom. The molecule has 3 nitrogen and oxygen atoms in total. The Hall–Kier alpha value is -2.21. The number of nitrogens with zero attached hydrogens (tertiary/aromatic N) is 1. The van der Waals surface area contributed by atoms with E-state index in [9.17, 15) is 13.2 Å². The predicted octanol–water partition coefficient (Wildman–Crippen LogP) is 6.36. The van der Waals surface area contributed by atoms with Gasteiger partial charge in [-0.15, -0.1) is 18.9 Å². The van der Waals surface area contributed by atoms with Crippen LogP contribution in [0.3, 0.4) is 0 Å². The SMILES string of the molecule is [NH-]c1cccc(C23CCCC(C2)N(Cc2cccc(OC(F)(F)F)c2)CC3)c1. The second-order valence-electron chi connectivity index (χ2n) is 8.03. The molecule has 1 saturated heterocycles. The summed E-state index contributed by atoms with van der Waals surface area (Å²) in [5.41, 5.74) is 10.8. The topological polar surface area (TPSA) is 36.3 Å². The fourth-order valence-electron chi connectivity index (χ4n) is 4.95. The average Bonchev–Trinajstić information content (AvgIpc) is 2.63. The van der Waals surface area contributed by atoms with Crippen LogP contribution in [-0.4, -0.2) is 23.8 Å². The van der Waals surface area contributed by atoms with Crippen molar-refractivity contribution in [3.63, 3.8) is 0 Å². The maximum atomic E-state index is 12.5. The molecule has 28 heavy (non-hydrogen) atoms. The summed E-state index contributed by atoms with van der Waals surface area (Å²) >= 11 is 0. The molecular weight excluding hydrogens is 365 g/mol. The van der Waals surface area contributed by atoms with E-state index in [4.69, 9.17) is 5.73 Å². The normalized spacial score (nSPS) is 25.5. The van der Waals surface area contributed by atoms with Gasteiger partial charge in [-0.2, -0.15) is 0 Å². The number of nitrogens with one attached hydrogen (secondary N) is 1. The number of rotatable bonds is 4. The lowest BCUT2D eigenvalue weighted by atomic mass is 9.63. The summed E-state index contributed by atoms with van der Waals surface area (Å²) in [4.78, 5) is 2.40. The highest BCUT2D eigenvalue weighted by Gasteiger charge is 2.43. The number of piperidine rings is 1. The Morgan fingerprint density at radius 1 is 1.11 bits per heavy atom. The number of alkyl halides is 3. The molecule has 1 aliphatic carbocycles. The second-order valence-corrected chi connectivity index (χ2v) is 8.03. The molecule has 0 amide bonds. The maximum Gasteiger partial charge on any atom is 0.573 e. The van der Waals surface area contributed by atoms with E-state index in [1.807, 2.05) is 24.3 Å². The van der Waals surface area contributed by atoms with Gasteiger partial charge in [-0.1, -0.05) is 42.8 Å². The number of likely N-dealkylation sites (tertiary alicyclic amines) is 1. The van der Waals surface area contributed by atoms with Crippen LogP contribution < -0.4 is 4.74 Å². The Labute approximate surface area is 163 Å². The summed E-state index contributed by atoms with van der Waals surface area (Å²) in [5, 5.41) is 0. The molecule has 1 aliphatic heterocycles. The summed E-state index contributed by atoms with van der Waals surface area (Å²) in [5.74, 6) is -0.160. The summed E-state index contributed by atoms with van der Waals surface area (Å²) < 4.78 is 41.5. The third-order valence-corrected chi connectivity index (χ3v) is 6.21. The summed E-state index contributed by atoms with van der Waals surface area (Å²) in [6.07, 6.45) is 0.803. The van der Waals surface area contributed by atoms with Crippen LogP contribution in [0.4, 0.5) is 18.9 Å². The van der Waals surface area contributed by atoms with Crippen molar-refractivity contribution in [1.29, 1.82) is 0 Å². The lowest BCUT2D eigenvalue weighted by molar-refractivity contribution is -0.274. The van der Waals surface area contributed by atoms with Gasteiger partial charge in [0, 0.05) is 12.6 Å². The number of hydrogen-bond acceptors (Lipinski definition) is 2. The Balaban J connectivity index is 1.48. The van der Waals surface area contributed by atoms with Crippen LogP contribution in [0.5, 0.6) is 5.75 Å². The van der Waals surface area contributed by atoms with Crippen molar-refractivity contribution in [3.8, 4) is 5.75 Å². The molecular formula is C22H24F3N2O-. The lowest BCUT2D eigenvalue weighted by Crippen LogP contribution is -2.51. The minimum absolute atomic E-state index is 0.137. The molecule has 2 bridgehead atoms. The Morgan fingerprint density at radius 2 is 1.93 bits per heavy atom. The zero-order chi connectivity index (χ0) is 19.8. The zero-order valence-corrected chi connectivity index (χ0v) is 15.6. The number of hydrogen-bond donors (Lipinski definition) is 0. The van der Waals surface area contributed by atoms with E-state index in [0.29, 0.717) is 18.3 Å². The summed E-state index contributed by atoms with van der Waals surface area (Å²) in [6.45, 7) is 1.55.